The van der Waals surface area contributed by atoms with Gasteiger partial charge in [-0.2, -0.15) is 0 Å². The second-order valence-corrected chi connectivity index (χ2v) is 10.5. The van der Waals surface area contributed by atoms with Crippen LogP contribution in [0.5, 0.6) is 5.75 Å². The van der Waals surface area contributed by atoms with Crippen molar-refractivity contribution in [1.29, 1.82) is 0 Å². The van der Waals surface area contributed by atoms with Crippen molar-refractivity contribution in [1.82, 2.24) is 4.90 Å². The van der Waals surface area contributed by atoms with Crippen LogP contribution in [0, 0.1) is 0 Å². The van der Waals surface area contributed by atoms with Gasteiger partial charge in [0.2, 0.25) is 0 Å². The van der Waals surface area contributed by atoms with Gasteiger partial charge in [-0.25, -0.2) is 4.99 Å². The molecule has 7 heteroatoms. The number of hydrogen-bond donors (Lipinski definition) is 0. The molecule has 0 aliphatic carbocycles. The topological polar surface area (TPSA) is 54.4 Å². The van der Waals surface area contributed by atoms with Gasteiger partial charge in [-0.05, 0) is 75.7 Å². The van der Waals surface area contributed by atoms with Gasteiger partial charge in [-0.3, -0.25) is 9.69 Å². The van der Waals surface area contributed by atoms with Crippen LogP contribution in [-0.2, 0) is 9.53 Å². The fourth-order valence-electron chi connectivity index (χ4n) is 4.90. The Labute approximate surface area is 218 Å². The summed E-state index contributed by atoms with van der Waals surface area (Å²) in [4.78, 5) is 23.0. The Balaban J connectivity index is 1.75. The molecular formula is C29H35N3O3S. The molecule has 2 aliphatic heterocycles. The van der Waals surface area contributed by atoms with Crippen molar-refractivity contribution in [2.45, 2.75) is 39.7 Å². The molecular weight excluding hydrogens is 470 g/mol. The number of amides is 1. The molecule has 2 aromatic carbocycles. The molecule has 6 nitrogen and oxygen atoms in total. The van der Waals surface area contributed by atoms with Crippen molar-refractivity contribution >= 4 is 45.9 Å². The number of aliphatic imine (C=N–C) groups is 1. The number of carbonyl (C=O) groups is 1. The average molecular weight is 506 g/mol. The predicted octanol–water partition coefficient (Wildman–Crippen LogP) is 6.36. The lowest BCUT2D eigenvalue weighted by Crippen LogP contribution is -2.44. The Bertz CT molecular complexity index is 1220. The molecule has 2 heterocycles. The van der Waals surface area contributed by atoms with Crippen molar-refractivity contribution in [3.63, 3.8) is 0 Å². The SMILES string of the molecule is CCN1c2cc(OC)c(/C=C3/SC(=Nc4ccccc4)N(CCCOC)C3=O)cc2C(C)=CC1(C)C. The van der Waals surface area contributed by atoms with Crippen molar-refractivity contribution < 1.29 is 14.3 Å². The summed E-state index contributed by atoms with van der Waals surface area (Å²) in [6.07, 6.45) is 4.98. The minimum atomic E-state index is -0.0837. The molecule has 1 saturated heterocycles. The maximum atomic E-state index is 13.5. The van der Waals surface area contributed by atoms with Gasteiger partial charge in [0.05, 0.1) is 23.2 Å². The molecule has 2 aliphatic rings. The Morgan fingerprint density at radius 3 is 2.56 bits per heavy atom. The zero-order chi connectivity index (χ0) is 25.9. The van der Waals surface area contributed by atoms with Crippen LogP contribution in [0.1, 0.15) is 45.2 Å². The number of hydrogen-bond acceptors (Lipinski definition) is 6. The first-order valence-corrected chi connectivity index (χ1v) is 13.1. The van der Waals surface area contributed by atoms with Crippen LogP contribution in [0.25, 0.3) is 11.6 Å². The Hall–Kier alpha value is -3.03. The highest BCUT2D eigenvalue weighted by Gasteiger charge is 2.34. The van der Waals surface area contributed by atoms with E-state index >= 15 is 0 Å². The van der Waals surface area contributed by atoms with Crippen LogP contribution in [0.3, 0.4) is 0 Å². The Morgan fingerprint density at radius 2 is 1.89 bits per heavy atom. The second kappa shape index (κ2) is 10.9. The third-order valence-corrected chi connectivity index (χ3v) is 7.54. The summed E-state index contributed by atoms with van der Waals surface area (Å²) in [5, 5.41) is 0.681. The Morgan fingerprint density at radius 1 is 1.14 bits per heavy atom. The van der Waals surface area contributed by atoms with E-state index in [1.54, 1.807) is 19.1 Å². The van der Waals surface area contributed by atoms with Gasteiger partial charge in [-0.1, -0.05) is 24.3 Å². The highest BCUT2D eigenvalue weighted by Crippen LogP contribution is 2.43. The summed E-state index contributed by atoms with van der Waals surface area (Å²) in [6, 6.07) is 14.0. The number of methoxy groups -OCH3 is 2. The van der Waals surface area contributed by atoms with Crippen LogP contribution < -0.4 is 9.64 Å². The van der Waals surface area contributed by atoms with Crippen molar-refractivity contribution in [2.24, 2.45) is 4.99 Å². The molecule has 0 N–H and O–H groups in total. The highest BCUT2D eigenvalue weighted by molar-refractivity contribution is 8.18. The van der Waals surface area contributed by atoms with E-state index in [0.29, 0.717) is 23.2 Å². The summed E-state index contributed by atoms with van der Waals surface area (Å²) < 4.78 is 11.0. The second-order valence-electron chi connectivity index (χ2n) is 9.48. The molecule has 190 valence electrons. The summed E-state index contributed by atoms with van der Waals surface area (Å²) >= 11 is 1.40. The predicted molar refractivity (Wildman–Crippen MR) is 151 cm³/mol. The third-order valence-electron chi connectivity index (χ3n) is 6.53. The van der Waals surface area contributed by atoms with Gasteiger partial charge in [-0.15, -0.1) is 0 Å². The van der Waals surface area contributed by atoms with Gasteiger partial charge in [0, 0.05) is 49.7 Å². The number of rotatable bonds is 8. The summed E-state index contributed by atoms with van der Waals surface area (Å²) in [5.74, 6) is 0.701. The van der Waals surface area contributed by atoms with Crippen LogP contribution in [-0.4, -0.2) is 55.4 Å². The van der Waals surface area contributed by atoms with E-state index in [1.165, 1.54) is 17.3 Å². The lowest BCUT2D eigenvalue weighted by Gasteiger charge is -2.43. The zero-order valence-electron chi connectivity index (χ0n) is 22.0. The number of fused-ring (bicyclic) bond motifs is 1. The molecule has 1 amide bonds. The van der Waals surface area contributed by atoms with Gasteiger partial charge in [0.1, 0.15) is 5.75 Å². The first kappa shape index (κ1) is 26.0. The average Bonchev–Trinajstić information content (AvgIpc) is 3.13. The standard InChI is InChI=1S/C29H35N3O3S/c1-7-32-24-18-25(35-6)21(16-23(24)20(2)19-29(32,3)4)17-26-27(33)31(14-11-15-34-5)28(36-26)30-22-12-9-8-10-13-22/h8-10,12-13,16-19H,7,11,14-15H2,1-6H3/b26-17+,30-28?. The number of carbonyl (C=O) groups excluding carboxylic acids is 1. The van der Waals surface area contributed by atoms with Gasteiger partial charge < -0.3 is 14.4 Å². The fraction of sp³-hybridized carbons (Fsp3) is 0.379. The first-order chi connectivity index (χ1) is 17.3. The van der Waals surface area contributed by atoms with Crippen molar-refractivity contribution in [3.8, 4) is 5.75 Å². The number of anilines is 1. The van der Waals surface area contributed by atoms with Gasteiger partial charge in [0.15, 0.2) is 5.17 Å². The normalized spacial score (nSPS) is 19.2. The van der Waals surface area contributed by atoms with Crippen LogP contribution in [0.15, 0.2) is 58.4 Å². The molecule has 0 radical (unpaired) electrons. The maximum absolute atomic E-state index is 13.5. The monoisotopic (exact) mass is 505 g/mol. The molecule has 1 fully saturated rings. The van der Waals surface area contributed by atoms with Gasteiger partial charge in [0.25, 0.3) is 5.91 Å². The van der Waals surface area contributed by atoms with Gasteiger partial charge >= 0.3 is 0 Å². The van der Waals surface area contributed by atoms with E-state index in [4.69, 9.17) is 14.5 Å². The largest absolute Gasteiger partial charge is 0.496 e. The number of para-hydroxylation sites is 1. The highest BCUT2D eigenvalue weighted by atomic mass is 32.2. The molecule has 0 saturated carbocycles. The van der Waals surface area contributed by atoms with Crippen LogP contribution >= 0.6 is 11.8 Å². The van der Waals surface area contributed by atoms with E-state index in [9.17, 15) is 4.79 Å². The minimum absolute atomic E-state index is 0.0471. The lowest BCUT2D eigenvalue weighted by molar-refractivity contribution is -0.122. The van der Waals surface area contributed by atoms with Crippen LogP contribution in [0.2, 0.25) is 0 Å². The van der Waals surface area contributed by atoms with E-state index in [1.807, 2.05) is 36.4 Å². The first-order valence-electron chi connectivity index (χ1n) is 12.3. The molecule has 2 aromatic rings. The summed E-state index contributed by atoms with van der Waals surface area (Å²) in [5.41, 5.74) is 5.15. The maximum Gasteiger partial charge on any atom is 0.266 e. The molecule has 36 heavy (non-hydrogen) atoms. The molecule has 0 unspecified atom stereocenters. The van der Waals surface area contributed by atoms with E-state index in [-0.39, 0.29) is 11.4 Å². The molecule has 0 aromatic heterocycles. The summed E-state index contributed by atoms with van der Waals surface area (Å²) in [7, 11) is 3.35. The molecule has 4 rings (SSSR count). The number of benzene rings is 2. The number of thioether (sulfide) groups is 1. The summed E-state index contributed by atoms with van der Waals surface area (Å²) in [6.45, 7) is 10.8. The number of amidine groups is 1. The van der Waals surface area contributed by atoms with E-state index in [2.05, 4.69) is 50.8 Å². The minimum Gasteiger partial charge on any atom is -0.496 e. The number of allylic oxidation sites excluding steroid dienone is 1. The number of nitrogens with zero attached hydrogens (tertiary/aromatic N) is 3. The number of ether oxygens (including phenoxy) is 2. The molecule has 0 bridgehead atoms. The zero-order valence-corrected chi connectivity index (χ0v) is 22.8. The molecule has 0 atom stereocenters. The lowest BCUT2D eigenvalue weighted by atomic mass is 9.87. The van der Waals surface area contributed by atoms with E-state index < -0.39 is 0 Å². The quantitative estimate of drug-likeness (QED) is 0.309. The fourth-order valence-corrected chi connectivity index (χ4v) is 5.91. The van der Waals surface area contributed by atoms with E-state index in [0.717, 1.165) is 41.2 Å². The van der Waals surface area contributed by atoms with Crippen molar-refractivity contribution in [2.75, 3.05) is 38.8 Å². The smallest absolute Gasteiger partial charge is 0.266 e. The van der Waals surface area contributed by atoms with Crippen molar-refractivity contribution in [3.05, 3.63) is 64.6 Å². The number of likely N-dealkylation sites (N-methyl/N-ethyl adjacent to an activating group) is 1. The third kappa shape index (κ3) is 5.22. The Kier molecular flexibility index (Phi) is 7.91. The van der Waals surface area contributed by atoms with Crippen LogP contribution in [0.4, 0.5) is 11.4 Å². The molecule has 0 spiro atoms.